The summed E-state index contributed by atoms with van der Waals surface area (Å²) < 4.78 is 42.9. The van der Waals surface area contributed by atoms with Crippen LogP contribution in [0.5, 0.6) is 11.5 Å². The molecule has 0 heterocycles. The van der Waals surface area contributed by atoms with Crippen molar-refractivity contribution in [3.8, 4) is 11.5 Å². The first-order valence-electron chi connectivity index (χ1n) is 8.30. The highest BCUT2D eigenvalue weighted by Crippen LogP contribution is 2.33. The van der Waals surface area contributed by atoms with E-state index in [1.54, 1.807) is 37.3 Å². The highest BCUT2D eigenvalue weighted by Gasteiger charge is 2.30. The van der Waals surface area contributed by atoms with Gasteiger partial charge in [-0.05, 0) is 55.8 Å². The van der Waals surface area contributed by atoms with Crippen molar-refractivity contribution >= 4 is 21.7 Å². The van der Waals surface area contributed by atoms with Gasteiger partial charge in [-0.1, -0.05) is 6.07 Å². The predicted molar refractivity (Wildman–Crippen MR) is 102 cm³/mol. The van der Waals surface area contributed by atoms with Crippen molar-refractivity contribution in [2.75, 3.05) is 31.7 Å². The molecule has 0 aliphatic carbocycles. The van der Waals surface area contributed by atoms with Gasteiger partial charge >= 0.3 is 5.97 Å². The standard InChI is InChI=1S/C19H23NO6S/c1-5-26-19(21)13-20(17-12-14(2)6-11-18(17)25-4)27(22,23)16-9-7-15(24-3)8-10-16/h6-12H,5,13H2,1-4H3. The van der Waals surface area contributed by atoms with Crippen LogP contribution in [0, 0.1) is 6.92 Å². The lowest BCUT2D eigenvalue weighted by Crippen LogP contribution is -2.37. The molecule has 0 fully saturated rings. The number of aryl methyl sites for hydroxylation is 1. The molecule has 0 saturated heterocycles. The van der Waals surface area contributed by atoms with E-state index in [1.807, 2.05) is 6.92 Å². The van der Waals surface area contributed by atoms with Gasteiger partial charge in [-0.3, -0.25) is 9.10 Å². The fourth-order valence-corrected chi connectivity index (χ4v) is 3.90. The topological polar surface area (TPSA) is 82.1 Å². The number of methoxy groups -OCH3 is 2. The monoisotopic (exact) mass is 393 g/mol. The molecule has 0 N–H and O–H groups in total. The molecule has 2 aromatic carbocycles. The number of nitrogens with zero attached hydrogens (tertiary/aromatic N) is 1. The Kier molecular flexibility index (Phi) is 6.68. The Balaban J connectivity index is 2.57. The van der Waals surface area contributed by atoms with Crippen molar-refractivity contribution in [1.82, 2.24) is 0 Å². The van der Waals surface area contributed by atoms with Crippen LogP contribution in [0.2, 0.25) is 0 Å². The van der Waals surface area contributed by atoms with Crippen LogP contribution in [0.4, 0.5) is 5.69 Å². The largest absolute Gasteiger partial charge is 0.497 e. The molecule has 7 nitrogen and oxygen atoms in total. The van der Waals surface area contributed by atoms with Crippen molar-refractivity contribution in [1.29, 1.82) is 0 Å². The Morgan fingerprint density at radius 3 is 2.26 bits per heavy atom. The first-order chi connectivity index (χ1) is 12.8. The third-order valence-electron chi connectivity index (χ3n) is 3.83. The van der Waals surface area contributed by atoms with E-state index in [2.05, 4.69) is 0 Å². The van der Waals surface area contributed by atoms with Crippen LogP contribution in [-0.4, -0.2) is 41.8 Å². The summed E-state index contributed by atoms with van der Waals surface area (Å²) in [5.41, 5.74) is 1.09. The van der Waals surface area contributed by atoms with Crippen LogP contribution in [0.1, 0.15) is 12.5 Å². The molecule has 146 valence electrons. The lowest BCUT2D eigenvalue weighted by molar-refractivity contribution is -0.141. The first-order valence-corrected chi connectivity index (χ1v) is 9.74. The van der Waals surface area contributed by atoms with Crippen molar-refractivity contribution in [3.05, 3.63) is 48.0 Å². The van der Waals surface area contributed by atoms with E-state index in [0.29, 0.717) is 11.5 Å². The molecule has 0 saturated carbocycles. The fraction of sp³-hybridized carbons (Fsp3) is 0.316. The molecule has 0 amide bonds. The number of benzene rings is 2. The van der Waals surface area contributed by atoms with Crippen LogP contribution in [0.3, 0.4) is 0 Å². The second-order valence-corrected chi connectivity index (χ2v) is 7.53. The third-order valence-corrected chi connectivity index (χ3v) is 5.60. The molecule has 0 radical (unpaired) electrons. The second-order valence-electron chi connectivity index (χ2n) is 5.67. The van der Waals surface area contributed by atoms with E-state index in [4.69, 9.17) is 14.2 Å². The van der Waals surface area contributed by atoms with E-state index in [-0.39, 0.29) is 17.2 Å². The lowest BCUT2D eigenvalue weighted by Gasteiger charge is -2.25. The third kappa shape index (κ3) is 4.71. The van der Waals surface area contributed by atoms with Gasteiger partial charge in [0.1, 0.15) is 18.0 Å². The molecule has 0 aliphatic heterocycles. The number of ether oxygens (including phenoxy) is 3. The molecular weight excluding hydrogens is 370 g/mol. The molecule has 2 rings (SSSR count). The molecule has 0 spiro atoms. The fourth-order valence-electron chi connectivity index (χ4n) is 2.49. The molecule has 8 heteroatoms. The first kappa shape index (κ1) is 20.6. The van der Waals surface area contributed by atoms with Crippen LogP contribution in [0.25, 0.3) is 0 Å². The summed E-state index contributed by atoms with van der Waals surface area (Å²) in [7, 11) is -1.11. The van der Waals surface area contributed by atoms with Gasteiger partial charge in [0.2, 0.25) is 0 Å². The minimum Gasteiger partial charge on any atom is -0.497 e. The Morgan fingerprint density at radius 1 is 1.04 bits per heavy atom. The van der Waals surface area contributed by atoms with Gasteiger partial charge in [0.15, 0.2) is 0 Å². The molecule has 27 heavy (non-hydrogen) atoms. The minimum atomic E-state index is -4.04. The van der Waals surface area contributed by atoms with Crippen LogP contribution < -0.4 is 13.8 Å². The van der Waals surface area contributed by atoms with Gasteiger partial charge in [-0.25, -0.2) is 8.42 Å². The molecule has 0 aromatic heterocycles. The summed E-state index contributed by atoms with van der Waals surface area (Å²) in [5, 5.41) is 0. The van der Waals surface area contributed by atoms with E-state index in [1.165, 1.54) is 26.4 Å². The molecule has 0 aliphatic rings. The van der Waals surface area contributed by atoms with E-state index in [0.717, 1.165) is 9.87 Å². The Labute approximate surface area is 159 Å². The van der Waals surface area contributed by atoms with E-state index in [9.17, 15) is 13.2 Å². The zero-order valence-corrected chi connectivity index (χ0v) is 16.6. The summed E-state index contributed by atoms with van der Waals surface area (Å²) in [6.45, 7) is 3.17. The number of carbonyl (C=O) groups is 1. The maximum Gasteiger partial charge on any atom is 0.326 e. The van der Waals surface area contributed by atoms with Gasteiger partial charge in [0, 0.05) is 0 Å². The SMILES string of the molecule is CCOC(=O)CN(c1cc(C)ccc1OC)S(=O)(=O)c1ccc(OC)cc1. The summed E-state index contributed by atoms with van der Waals surface area (Å²) in [4.78, 5) is 12.1. The molecule has 0 bridgehead atoms. The van der Waals surface area contributed by atoms with Crippen LogP contribution >= 0.6 is 0 Å². The Hall–Kier alpha value is -2.74. The average molecular weight is 393 g/mol. The summed E-state index contributed by atoms with van der Waals surface area (Å²) in [5.74, 6) is 0.208. The molecule has 0 unspecified atom stereocenters. The Morgan fingerprint density at radius 2 is 1.70 bits per heavy atom. The highest BCUT2D eigenvalue weighted by molar-refractivity contribution is 7.92. The second kappa shape index (κ2) is 8.77. The zero-order valence-electron chi connectivity index (χ0n) is 15.8. The minimum absolute atomic E-state index is 0.0242. The number of hydrogen-bond donors (Lipinski definition) is 0. The molecule has 0 atom stereocenters. The van der Waals surface area contributed by atoms with Crippen LogP contribution in [-0.2, 0) is 19.6 Å². The van der Waals surface area contributed by atoms with E-state index < -0.39 is 22.5 Å². The van der Waals surface area contributed by atoms with Gasteiger partial charge in [0.05, 0.1) is 31.4 Å². The molecule has 2 aromatic rings. The number of esters is 1. The summed E-state index contributed by atoms with van der Waals surface area (Å²) in [6, 6.07) is 11.0. The summed E-state index contributed by atoms with van der Waals surface area (Å²) in [6.07, 6.45) is 0. The van der Waals surface area contributed by atoms with Crippen molar-refractivity contribution in [2.45, 2.75) is 18.7 Å². The van der Waals surface area contributed by atoms with Gasteiger partial charge in [-0.15, -0.1) is 0 Å². The average Bonchev–Trinajstić information content (AvgIpc) is 2.66. The number of hydrogen-bond acceptors (Lipinski definition) is 6. The maximum absolute atomic E-state index is 13.3. The van der Waals surface area contributed by atoms with Crippen molar-refractivity contribution < 1.29 is 27.4 Å². The predicted octanol–water partition coefficient (Wildman–Crippen LogP) is 2.77. The van der Waals surface area contributed by atoms with Crippen molar-refractivity contribution in [2.24, 2.45) is 0 Å². The number of anilines is 1. The smallest absolute Gasteiger partial charge is 0.326 e. The van der Waals surface area contributed by atoms with Crippen molar-refractivity contribution in [3.63, 3.8) is 0 Å². The van der Waals surface area contributed by atoms with E-state index >= 15 is 0 Å². The van der Waals surface area contributed by atoms with Gasteiger partial charge in [-0.2, -0.15) is 0 Å². The zero-order chi connectivity index (χ0) is 20.0. The number of carbonyl (C=O) groups excluding carboxylic acids is 1. The normalized spacial score (nSPS) is 11.0. The molecular formula is C19H23NO6S. The number of rotatable bonds is 8. The summed E-state index contributed by atoms with van der Waals surface area (Å²) >= 11 is 0. The highest BCUT2D eigenvalue weighted by atomic mass is 32.2. The maximum atomic E-state index is 13.3. The number of sulfonamides is 1. The van der Waals surface area contributed by atoms with Gasteiger partial charge in [0.25, 0.3) is 10.0 Å². The van der Waals surface area contributed by atoms with Gasteiger partial charge < -0.3 is 14.2 Å². The Bertz CT molecular complexity index is 893. The quantitative estimate of drug-likeness (QED) is 0.642. The van der Waals surface area contributed by atoms with Crippen LogP contribution in [0.15, 0.2) is 47.4 Å². The lowest BCUT2D eigenvalue weighted by atomic mass is 10.2.